The molecule has 0 fully saturated rings. The Hall–Kier alpha value is -11.7. The highest BCUT2D eigenvalue weighted by molar-refractivity contribution is 7.26. The molecule has 9 heterocycles. The first-order valence-corrected chi connectivity index (χ1v) is 34.0. The van der Waals surface area contributed by atoms with Gasteiger partial charge in [-0.1, -0.05) is 158 Å². The molecule has 0 N–H and O–H groups in total. The zero-order valence-electron chi connectivity index (χ0n) is 52.5. The highest BCUT2D eigenvalue weighted by Gasteiger charge is 2.17. The molecule has 18 rings (SSSR count). The minimum atomic E-state index is 0.763. The molecule has 9 nitrogen and oxygen atoms in total. The third-order valence-electron chi connectivity index (χ3n) is 17.0. The van der Waals surface area contributed by atoms with E-state index < -0.39 is 0 Å². The summed E-state index contributed by atoms with van der Waals surface area (Å²) >= 11 is 5.48. The summed E-state index contributed by atoms with van der Waals surface area (Å²) in [6.45, 7) is 5.87. The summed E-state index contributed by atoms with van der Waals surface area (Å²) in [7, 11) is 0. The van der Waals surface area contributed by atoms with E-state index in [9.17, 15) is 0 Å². The van der Waals surface area contributed by atoms with Crippen LogP contribution in [0.3, 0.4) is 0 Å². The smallest absolute Gasteiger partial charge is 0.126 e. The first kappa shape index (κ1) is 59.4. The number of hydrogen-bond acceptors (Lipinski definition) is 12. The maximum atomic E-state index is 4.83. The van der Waals surface area contributed by atoms with Crippen LogP contribution in [0.2, 0.25) is 0 Å². The van der Waals surface area contributed by atoms with Gasteiger partial charge in [0.15, 0.2) is 0 Å². The number of rotatable bonds is 9. The summed E-state index contributed by atoms with van der Waals surface area (Å²) in [4.78, 5) is 41.3. The van der Waals surface area contributed by atoms with Gasteiger partial charge in [0, 0.05) is 148 Å². The van der Waals surface area contributed by atoms with E-state index in [1.807, 2.05) is 91.6 Å². The minimum Gasteiger partial charge on any atom is -0.264 e. The molecule has 0 saturated carbocycles. The monoisotopic (exact) mass is 1290 g/mol. The van der Waals surface area contributed by atoms with E-state index >= 15 is 0 Å². The molecule has 0 saturated heterocycles. The fourth-order valence-corrected chi connectivity index (χ4v) is 15.9. The van der Waals surface area contributed by atoms with E-state index in [0.29, 0.717) is 0 Å². The highest BCUT2D eigenvalue weighted by atomic mass is 32.1. The molecule has 0 bridgehead atoms. The van der Waals surface area contributed by atoms with Crippen molar-refractivity contribution in [3.63, 3.8) is 0 Å². The summed E-state index contributed by atoms with van der Waals surface area (Å²) < 4.78 is 7.77. The molecular formula is C84H57N9S3. The first-order chi connectivity index (χ1) is 47.2. The van der Waals surface area contributed by atoms with Gasteiger partial charge < -0.3 is 0 Å². The number of pyridine rings is 3. The first-order valence-electron chi connectivity index (χ1n) is 31.6. The SMILES string of the molecule is Cc1nc(-c2cccc(-c3cccnc3)c2)cc(-c2ccc3c(c2)sc2ccccc23)n1.Cc1nc(-c2cccc(-c3cccnc3)c2)cc(-c2ccc3sc4ccccc4c3c2)n1.Cc1nc(-c2cccc(-c3cccnc3)c2)cc(-c2cccc3sc4ccccc4c23)n1. The van der Waals surface area contributed by atoms with Gasteiger partial charge in [0.25, 0.3) is 0 Å². The van der Waals surface area contributed by atoms with Gasteiger partial charge in [-0.2, -0.15) is 0 Å². The second-order valence-electron chi connectivity index (χ2n) is 23.4. The molecule has 96 heavy (non-hydrogen) atoms. The maximum absolute atomic E-state index is 4.83. The summed E-state index contributed by atoms with van der Waals surface area (Å²) in [5.41, 5.74) is 18.8. The topological polar surface area (TPSA) is 116 Å². The molecule has 0 amide bonds. The van der Waals surface area contributed by atoms with Crippen molar-refractivity contribution in [1.29, 1.82) is 0 Å². The molecule has 0 unspecified atom stereocenters. The van der Waals surface area contributed by atoms with E-state index in [1.54, 1.807) is 18.6 Å². The molecule has 0 atom stereocenters. The van der Waals surface area contributed by atoms with Crippen LogP contribution in [-0.4, -0.2) is 44.9 Å². The van der Waals surface area contributed by atoms with E-state index in [0.717, 1.165) is 118 Å². The molecule has 9 aromatic carbocycles. The van der Waals surface area contributed by atoms with Crippen LogP contribution < -0.4 is 0 Å². The predicted molar refractivity (Wildman–Crippen MR) is 401 cm³/mol. The van der Waals surface area contributed by atoms with Crippen LogP contribution in [0.25, 0.3) is 161 Å². The average Bonchev–Trinajstić information content (AvgIpc) is 1.58. The zero-order valence-corrected chi connectivity index (χ0v) is 54.9. The van der Waals surface area contributed by atoms with Crippen LogP contribution >= 0.6 is 34.0 Å². The van der Waals surface area contributed by atoms with Gasteiger partial charge in [-0.05, 0) is 135 Å². The normalized spacial score (nSPS) is 11.3. The average molecular weight is 1290 g/mol. The van der Waals surface area contributed by atoms with Crippen LogP contribution in [-0.2, 0) is 0 Å². The Morgan fingerprint density at radius 1 is 0.219 bits per heavy atom. The summed E-state index contributed by atoms with van der Waals surface area (Å²) in [6, 6.07) is 89.1. The molecule has 456 valence electrons. The quantitative estimate of drug-likeness (QED) is 0.139. The van der Waals surface area contributed by atoms with Crippen LogP contribution in [0.5, 0.6) is 0 Å². The van der Waals surface area contributed by atoms with E-state index in [1.165, 1.54) is 60.5 Å². The number of aromatic nitrogens is 9. The lowest BCUT2D eigenvalue weighted by Gasteiger charge is -2.10. The molecule has 9 aromatic heterocycles. The highest BCUT2D eigenvalue weighted by Crippen LogP contribution is 2.42. The standard InChI is InChI=1S/3C28H19N3S/c1-18-30-24(20-8-4-7-19(15-20)21-9-6-14-29-17-21)16-25(31-18)22-11-5-13-27-28(22)23-10-2-3-12-26(23)32-27;1-18-30-25(20-7-4-6-19(14-20)22-8-5-13-29-17-22)16-26(31-18)21-11-12-28-24(15-21)23-9-2-3-10-27(23)32-28;1-18-30-25(20-7-4-6-19(14-20)22-8-5-13-29-17-22)16-26(31-18)21-11-12-24-23-9-2-3-10-27(23)32-28(24)15-21/h3*2-17H,1H3. The molecule has 0 radical (unpaired) electrons. The number of fused-ring (bicyclic) bond motifs is 9. The van der Waals surface area contributed by atoms with E-state index in [2.05, 4.69) is 252 Å². The van der Waals surface area contributed by atoms with Crippen molar-refractivity contribution < 1.29 is 0 Å². The van der Waals surface area contributed by atoms with Crippen molar-refractivity contribution in [2.75, 3.05) is 0 Å². The van der Waals surface area contributed by atoms with Crippen LogP contribution in [0, 0.1) is 20.8 Å². The molecular weight excluding hydrogens is 1230 g/mol. The lowest BCUT2D eigenvalue weighted by atomic mass is 10.00. The fraction of sp³-hybridized carbons (Fsp3) is 0.0357. The number of nitrogens with zero attached hydrogens (tertiary/aromatic N) is 9. The Morgan fingerprint density at radius 3 is 1.06 bits per heavy atom. The van der Waals surface area contributed by atoms with E-state index in [4.69, 9.17) is 29.9 Å². The second kappa shape index (κ2) is 26.0. The minimum absolute atomic E-state index is 0.763. The number of thiophene rings is 3. The second-order valence-corrected chi connectivity index (χ2v) is 26.7. The lowest BCUT2D eigenvalue weighted by molar-refractivity contribution is 1.06. The molecule has 0 spiro atoms. The van der Waals surface area contributed by atoms with Crippen molar-refractivity contribution in [2.24, 2.45) is 0 Å². The molecule has 0 aliphatic heterocycles. The van der Waals surface area contributed by atoms with Crippen molar-refractivity contribution in [3.05, 3.63) is 309 Å². The fourth-order valence-electron chi connectivity index (χ4n) is 12.5. The van der Waals surface area contributed by atoms with Gasteiger partial charge in [-0.25, -0.2) is 29.9 Å². The van der Waals surface area contributed by atoms with Crippen LogP contribution in [0.4, 0.5) is 0 Å². The van der Waals surface area contributed by atoms with Gasteiger partial charge in [0.05, 0.1) is 34.2 Å². The largest absolute Gasteiger partial charge is 0.264 e. The van der Waals surface area contributed by atoms with Crippen molar-refractivity contribution in [2.45, 2.75) is 20.8 Å². The van der Waals surface area contributed by atoms with Crippen molar-refractivity contribution in [1.82, 2.24) is 44.9 Å². The predicted octanol–water partition coefficient (Wildman–Crippen LogP) is 22.6. The summed E-state index contributed by atoms with van der Waals surface area (Å²) in [5.74, 6) is 2.29. The molecule has 0 aliphatic carbocycles. The lowest BCUT2D eigenvalue weighted by Crippen LogP contribution is -1.95. The Bertz CT molecular complexity index is 5900. The van der Waals surface area contributed by atoms with Gasteiger partial charge in [0.1, 0.15) is 17.5 Å². The Labute approximate surface area is 566 Å². The number of hydrogen-bond donors (Lipinski definition) is 0. The van der Waals surface area contributed by atoms with Crippen LogP contribution in [0.15, 0.2) is 292 Å². The molecule has 0 aliphatic rings. The van der Waals surface area contributed by atoms with E-state index in [-0.39, 0.29) is 0 Å². The Kier molecular flexibility index (Phi) is 16.1. The summed E-state index contributed by atoms with van der Waals surface area (Å²) in [5, 5.41) is 7.72. The number of aryl methyl sites for hydroxylation is 3. The van der Waals surface area contributed by atoms with Gasteiger partial charge >= 0.3 is 0 Å². The third-order valence-corrected chi connectivity index (χ3v) is 20.4. The molecule has 12 heteroatoms. The van der Waals surface area contributed by atoms with Gasteiger partial charge in [-0.15, -0.1) is 34.0 Å². The van der Waals surface area contributed by atoms with Gasteiger partial charge in [0.2, 0.25) is 0 Å². The Balaban J connectivity index is 0.000000113. The van der Waals surface area contributed by atoms with Crippen LogP contribution in [0.1, 0.15) is 17.5 Å². The van der Waals surface area contributed by atoms with Crippen molar-refractivity contribution in [3.8, 4) is 101 Å². The van der Waals surface area contributed by atoms with Gasteiger partial charge in [-0.3, -0.25) is 15.0 Å². The third kappa shape index (κ3) is 12.2. The Morgan fingerprint density at radius 2 is 0.562 bits per heavy atom. The van der Waals surface area contributed by atoms with Crippen molar-refractivity contribution >= 4 is 94.5 Å². The zero-order chi connectivity index (χ0) is 64.5. The molecule has 18 aromatic rings. The number of benzene rings is 9. The maximum Gasteiger partial charge on any atom is 0.126 e. The summed E-state index contributed by atoms with van der Waals surface area (Å²) in [6.07, 6.45) is 11.0.